The second kappa shape index (κ2) is 11.8. The van der Waals surface area contributed by atoms with Crippen molar-refractivity contribution in [3.05, 3.63) is 46.1 Å². The van der Waals surface area contributed by atoms with E-state index in [0.29, 0.717) is 29.8 Å². The molecule has 190 valence electrons. The van der Waals surface area contributed by atoms with E-state index in [-0.39, 0.29) is 35.7 Å². The lowest BCUT2D eigenvalue weighted by molar-refractivity contribution is -0.121. The number of ether oxygens (including phenoxy) is 1. The van der Waals surface area contributed by atoms with Gasteiger partial charge in [-0.05, 0) is 57.4 Å². The largest absolute Gasteiger partial charge is 0.444 e. The molecule has 1 heterocycles. The highest BCUT2D eigenvalue weighted by Crippen LogP contribution is 2.24. The molecule has 0 bridgehead atoms. The van der Waals surface area contributed by atoms with Crippen LogP contribution in [0.15, 0.2) is 18.2 Å². The Kier molecular flexibility index (Phi) is 9.35. The van der Waals surface area contributed by atoms with Gasteiger partial charge < -0.3 is 26.0 Å². The average Bonchev–Trinajstić information content (AvgIpc) is 2.72. The Hall–Kier alpha value is -3.47. The van der Waals surface area contributed by atoms with E-state index in [1.807, 2.05) is 0 Å². The van der Waals surface area contributed by atoms with Gasteiger partial charge in [-0.2, -0.15) is 0 Å². The smallest absolute Gasteiger partial charge is 0.410 e. The molecule has 1 aromatic carbocycles. The second-order valence-corrected chi connectivity index (χ2v) is 9.14. The number of rotatable bonds is 9. The minimum atomic E-state index is -0.804. The molecule has 3 amide bonds. The highest BCUT2D eigenvalue weighted by Gasteiger charge is 2.21. The number of nitrogens with one attached hydrogen (secondary N) is 2. The molecule has 0 unspecified atom stereocenters. The number of nitrogens with zero attached hydrogens (tertiary/aromatic N) is 3. The summed E-state index contributed by atoms with van der Waals surface area (Å²) < 4.78 is 19.4. The summed E-state index contributed by atoms with van der Waals surface area (Å²) in [5, 5.41) is 5.63. The number of hydrogen-bond donors (Lipinski definition) is 3. The van der Waals surface area contributed by atoms with Crippen molar-refractivity contribution < 1.29 is 23.5 Å². The zero-order valence-electron chi connectivity index (χ0n) is 20.4. The summed E-state index contributed by atoms with van der Waals surface area (Å²) in [6.07, 6.45) is 0.146. The summed E-state index contributed by atoms with van der Waals surface area (Å²) in [7, 11) is 1.46. The van der Waals surface area contributed by atoms with Gasteiger partial charge in [-0.1, -0.05) is 18.5 Å². The van der Waals surface area contributed by atoms with Gasteiger partial charge in [0.2, 0.25) is 5.91 Å². The predicted octanol–water partition coefficient (Wildman–Crippen LogP) is 3.20. The number of nitrogens with two attached hydrogens (primary N) is 1. The van der Waals surface area contributed by atoms with Crippen LogP contribution in [0.5, 0.6) is 0 Å². The highest BCUT2D eigenvalue weighted by molar-refractivity contribution is 6.30. The minimum Gasteiger partial charge on any atom is -0.444 e. The van der Waals surface area contributed by atoms with Crippen LogP contribution in [0.3, 0.4) is 0 Å². The summed E-state index contributed by atoms with van der Waals surface area (Å²) in [6.45, 7) is 7.02. The van der Waals surface area contributed by atoms with Crippen LogP contribution in [0.2, 0.25) is 5.15 Å². The average molecular weight is 509 g/mol. The number of amides is 3. The van der Waals surface area contributed by atoms with Gasteiger partial charge in [0.15, 0.2) is 16.7 Å². The molecule has 2 rings (SSSR count). The number of likely N-dealkylation sites (N-methyl/N-ethyl adjacent to an activating group) is 1. The third-order valence-electron chi connectivity index (χ3n) is 4.53. The van der Waals surface area contributed by atoms with E-state index in [1.165, 1.54) is 19.2 Å². The molecule has 0 saturated carbocycles. The molecule has 35 heavy (non-hydrogen) atoms. The van der Waals surface area contributed by atoms with Crippen molar-refractivity contribution in [3.63, 3.8) is 0 Å². The van der Waals surface area contributed by atoms with Crippen molar-refractivity contribution >= 4 is 41.0 Å². The summed E-state index contributed by atoms with van der Waals surface area (Å²) >= 11 is 6.11. The summed E-state index contributed by atoms with van der Waals surface area (Å²) in [4.78, 5) is 45.4. The van der Waals surface area contributed by atoms with Crippen LogP contribution in [-0.2, 0) is 22.4 Å². The van der Waals surface area contributed by atoms with Crippen LogP contribution in [0.4, 0.5) is 20.7 Å². The van der Waals surface area contributed by atoms with E-state index in [4.69, 9.17) is 22.1 Å². The first-order valence-electron chi connectivity index (χ1n) is 10.9. The maximum absolute atomic E-state index is 14.2. The number of anilines is 2. The third-order valence-corrected chi connectivity index (χ3v) is 4.83. The van der Waals surface area contributed by atoms with E-state index in [2.05, 4.69) is 20.6 Å². The lowest BCUT2D eigenvalue weighted by Crippen LogP contribution is -2.41. The first kappa shape index (κ1) is 27.8. The lowest BCUT2D eigenvalue weighted by atomic mass is 10.1. The Morgan fingerprint density at radius 1 is 1.20 bits per heavy atom. The summed E-state index contributed by atoms with van der Waals surface area (Å²) in [6, 6.07) is 4.17. The molecular weight excluding hydrogens is 479 g/mol. The molecule has 10 nitrogen and oxygen atoms in total. The Labute approximate surface area is 208 Å². The van der Waals surface area contributed by atoms with E-state index >= 15 is 0 Å². The maximum Gasteiger partial charge on any atom is 0.410 e. The molecule has 0 fully saturated rings. The fourth-order valence-electron chi connectivity index (χ4n) is 2.96. The lowest BCUT2D eigenvalue weighted by Gasteiger charge is -2.24. The number of aryl methyl sites for hydroxylation is 1. The first-order valence-corrected chi connectivity index (χ1v) is 11.3. The minimum absolute atomic E-state index is 0.00901. The molecule has 0 aliphatic rings. The van der Waals surface area contributed by atoms with Gasteiger partial charge in [0.1, 0.15) is 18.0 Å². The molecule has 0 aliphatic carbocycles. The van der Waals surface area contributed by atoms with Gasteiger partial charge >= 0.3 is 6.09 Å². The first-order chi connectivity index (χ1) is 16.3. The zero-order chi connectivity index (χ0) is 26.3. The van der Waals surface area contributed by atoms with E-state index in [9.17, 15) is 18.8 Å². The van der Waals surface area contributed by atoms with Gasteiger partial charge in [-0.3, -0.25) is 9.59 Å². The van der Waals surface area contributed by atoms with Crippen LogP contribution in [0, 0.1) is 5.82 Å². The molecule has 4 N–H and O–H groups in total. The number of halogens is 2. The van der Waals surface area contributed by atoms with Crippen molar-refractivity contribution in [1.29, 1.82) is 0 Å². The molecule has 0 aliphatic heterocycles. The second-order valence-electron chi connectivity index (χ2n) is 8.79. The number of aromatic nitrogens is 2. The van der Waals surface area contributed by atoms with Crippen LogP contribution in [0.1, 0.15) is 49.4 Å². The fraction of sp³-hybridized carbons (Fsp3) is 0.435. The van der Waals surface area contributed by atoms with Gasteiger partial charge in [-0.25, -0.2) is 19.2 Å². The van der Waals surface area contributed by atoms with Crippen molar-refractivity contribution in [2.45, 2.75) is 46.1 Å². The number of primary amides is 1. The number of benzene rings is 1. The number of carbonyl (C=O) groups excluding carboxylic acids is 3. The Morgan fingerprint density at radius 3 is 2.49 bits per heavy atom. The molecular formula is C23H30ClFN6O4. The van der Waals surface area contributed by atoms with Crippen molar-refractivity contribution in [3.8, 4) is 0 Å². The maximum atomic E-state index is 14.2. The van der Waals surface area contributed by atoms with Crippen molar-refractivity contribution in [1.82, 2.24) is 20.2 Å². The molecule has 0 atom stereocenters. The quantitative estimate of drug-likeness (QED) is 0.472. The van der Waals surface area contributed by atoms with Crippen LogP contribution in [-0.4, -0.2) is 58.5 Å². The van der Waals surface area contributed by atoms with Crippen molar-refractivity contribution in [2.75, 3.05) is 25.5 Å². The zero-order valence-corrected chi connectivity index (χ0v) is 21.1. The van der Waals surface area contributed by atoms with E-state index in [0.717, 1.165) is 4.90 Å². The van der Waals surface area contributed by atoms with Gasteiger partial charge in [0, 0.05) is 19.3 Å². The number of hydrogen-bond acceptors (Lipinski definition) is 7. The monoisotopic (exact) mass is 508 g/mol. The van der Waals surface area contributed by atoms with E-state index < -0.39 is 23.4 Å². The molecule has 0 radical (unpaired) electrons. The highest BCUT2D eigenvalue weighted by atomic mass is 35.5. The summed E-state index contributed by atoms with van der Waals surface area (Å²) in [5.41, 5.74) is 5.91. The predicted molar refractivity (Wildman–Crippen MR) is 130 cm³/mol. The Bertz CT molecular complexity index is 1110. The Morgan fingerprint density at radius 2 is 1.89 bits per heavy atom. The molecule has 2 aromatic rings. The molecule has 0 spiro atoms. The Balaban J connectivity index is 2.02. The van der Waals surface area contributed by atoms with Crippen molar-refractivity contribution in [2.24, 2.45) is 5.73 Å². The SMILES string of the molecule is CCc1nc(C(N)=O)c(Nc2cc(F)cc(CCNC(=O)CN(C)C(=O)OC(C)(C)C)c2)nc1Cl. The van der Waals surface area contributed by atoms with Crippen LogP contribution < -0.4 is 16.4 Å². The van der Waals surface area contributed by atoms with E-state index in [1.54, 1.807) is 33.8 Å². The van der Waals surface area contributed by atoms with Gasteiger partial charge in [0.05, 0.1) is 5.69 Å². The number of carbonyl (C=O) groups is 3. The topological polar surface area (TPSA) is 140 Å². The molecule has 1 aromatic heterocycles. The van der Waals surface area contributed by atoms with Crippen LogP contribution >= 0.6 is 11.6 Å². The third kappa shape index (κ3) is 8.67. The van der Waals surface area contributed by atoms with Gasteiger partial charge in [-0.15, -0.1) is 0 Å². The fourth-order valence-corrected chi connectivity index (χ4v) is 3.22. The summed E-state index contributed by atoms with van der Waals surface area (Å²) in [5.74, 6) is -1.72. The van der Waals surface area contributed by atoms with Gasteiger partial charge in [0.25, 0.3) is 5.91 Å². The normalized spacial score (nSPS) is 11.1. The standard InChI is InChI=1S/C23H30ClFN6O4/c1-6-16-19(24)30-21(18(29-16)20(26)33)28-15-10-13(9-14(25)11-15)7-8-27-17(32)12-31(5)22(34)35-23(2,3)4/h9-11H,6-8,12H2,1-5H3,(H2,26,33)(H,27,32)(H,28,30). The van der Waals surface area contributed by atoms with Crippen LogP contribution in [0.25, 0.3) is 0 Å². The molecule has 12 heteroatoms. The molecule has 0 saturated heterocycles.